The molecule has 0 atom stereocenters. The predicted molar refractivity (Wildman–Crippen MR) is 131 cm³/mol. The predicted octanol–water partition coefficient (Wildman–Crippen LogP) is 3.75. The van der Waals surface area contributed by atoms with Crippen LogP contribution in [0.1, 0.15) is 42.5 Å². The second-order valence-electron chi connectivity index (χ2n) is 9.35. The summed E-state index contributed by atoms with van der Waals surface area (Å²) in [6.45, 7) is 4.94. The van der Waals surface area contributed by atoms with Crippen LogP contribution in [0.25, 0.3) is 16.9 Å². The molecule has 3 heterocycles. The van der Waals surface area contributed by atoms with E-state index in [-0.39, 0.29) is 11.4 Å². The van der Waals surface area contributed by atoms with Crippen LogP contribution in [0.5, 0.6) is 0 Å². The lowest BCUT2D eigenvalue weighted by Gasteiger charge is -2.49. The third-order valence-corrected chi connectivity index (χ3v) is 7.64. The van der Waals surface area contributed by atoms with Crippen molar-refractivity contribution in [3.05, 3.63) is 53.4 Å². The maximum Gasteiger partial charge on any atom is 0.253 e. The van der Waals surface area contributed by atoms with E-state index in [1.807, 2.05) is 29.0 Å². The Labute approximate surface area is 199 Å². The third-order valence-electron chi connectivity index (χ3n) is 7.33. The lowest BCUT2D eigenvalue weighted by atomic mass is 9.79. The summed E-state index contributed by atoms with van der Waals surface area (Å²) < 4.78 is 1.84. The van der Waals surface area contributed by atoms with Crippen molar-refractivity contribution >= 4 is 28.4 Å². The second-order valence-corrected chi connectivity index (χ2v) is 9.76. The lowest BCUT2D eigenvalue weighted by molar-refractivity contribution is 0.0139. The Morgan fingerprint density at radius 1 is 1.06 bits per heavy atom. The van der Waals surface area contributed by atoms with E-state index in [1.165, 1.54) is 19.3 Å². The van der Waals surface area contributed by atoms with Crippen LogP contribution in [0.15, 0.2) is 42.9 Å². The number of aromatic nitrogens is 3. The Balaban J connectivity index is 1.43. The first-order valence-electron chi connectivity index (χ1n) is 11.9. The highest BCUT2D eigenvalue weighted by molar-refractivity contribution is 6.37. The van der Waals surface area contributed by atoms with Crippen molar-refractivity contribution in [1.29, 1.82) is 0 Å². The van der Waals surface area contributed by atoms with Crippen LogP contribution in [0.4, 0.5) is 0 Å². The summed E-state index contributed by atoms with van der Waals surface area (Å²) in [6, 6.07) is 7.43. The third kappa shape index (κ3) is 4.37. The summed E-state index contributed by atoms with van der Waals surface area (Å²) in [7, 11) is 2.18. The van der Waals surface area contributed by atoms with Crippen molar-refractivity contribution in [2.75, 3.05) is 39.8 Å². The number of fused-ring (bicyclic) bond motifs is 1. The molecule has 1 aliphatic heterocycles. The summed E-state index contributed by atoms with van der Waals surface area (Å²) >= 11 is 6.57. The number of hydrogen-bond donors (Lipinski definition) is 1. The molecule has 0 radical (unpaired) electrons. The van der Waals surface area contributed by atoms with Crippen LogP contribution in [0, 0.1) is 0 Å². The molecule has 1 aromatic carbocycles. The van der Waals surface area contributed by atoms with E-state index < -0.39 is 0 Å². The van der Waals surface area contributed by atoms with Crippen molar-refractivity contribution in [3.63, 3.8) is 0 Å². The molecule has 7 nitrogen and oxygen atoms in total. The molecule has 1 aliphatic carbocycles. The lowest BCUT2D eigenvalue weighted by Crippen LogP contribution is -2.61. The van der Waals surface area contributed by atoms with Crippen LogP contribution in [0.3, 0.4) is 0 Å². The average Bonchev–Trinajstić information content (AvgIpc) is 3.25. The van der Waals surface area contributed by atoms with Gasteiger partial charge in [-0.3, -0.25) is 14.3 Å². The fraction of sp³-hybridized carbons (Fsp3) is 0.480. The first-order chi connectivity index (χ1) is 16.1. The van der Waals surface area contributed by atoms with Crippen LogP contribution in [-0.4, -0.2) is 75.6 Å². The molecule has 2 aromatic heterocycles. The van der Waals surface area contributed by atoms with Gasteiger partial charge in [0.25, 0.3) is 5.91 Å². The fourth-order valence-corrected chi connectivity index (χ4v) is 5.70. The molecule has 33 heavy (non-hydrogen) atoms. The zero-order valence-electron chi connectivity index (χ0n) is 19.1. The Morgan fingerprint density at radius 3 is 2.52 bits per heavy atom. The van der Waals surface area contributed by atoms with E-state index in [0.717, 1.165) is 49.9 Å². The van der Waals surface area contributed by atoms with Gasteiger partial charge >= 0.3 is 0 Å². The summed E-state index contributed by atoms with van der Waals surface area (Å²) in [5, 5.41) is 4.59. The number of benzene rings is 1. The highest BCUT2D eigenvalue weighted by Crippen LogP contribution is 2.35. The van der Waals surface area contributed by atoms with Gasteiger partial charge in [-0.25, -0.2) is 9.97 Å². The van der Waals surface area contributed by atoms with Crippen molar-refractivity contribution in [1.82, 2.24) is 29.7 Å². The van der Waals surface area contributed by atoms with Crippen LogP contribution < -0.4 is 5.32 Å². The van der Waals surface area contributed by atoms with E-state index >= 15 is 0 Å². The van der Waals surface area contributed by atoms with Crippen molar-refractivity contribution in [2.24, 2.45) is 0 Å². The number of carbonyl (C=O) groups is 1. The van der Waals surface area contributed by atoms with E-state index in [9.17, 15) is 4.79 Å². The quantitative estimate of drug-likeness (QED) is 0.620. The van der Waals surface area contributed by atoms with Gasteiger partial charge in [-0.2, -0.15) is 0 Å². The molecule has 3 aromatic rings. The fourth-order valence-electron chi connectivity index (χ4n) is 5.43. The number of hydrogen-bond acceptors (Lipinski definition) is 5. The average molecular weight is 467 g/mol. The Bertz CT molecular complexity index is 1120. The molecule has 0 bridgehead atoms. The summed E-state index contributed by atoms with van der Waals surface area (Å²) in [4.78, 5) is 27.3. The van der Waals surface area contributed by atoms with Gasteiger partial charge in [0.2, 0.25) is 5.95 Å². The number of carbonyl (C=O) groups excluding carboxylic acids is 1. The maximum atomic E-state index is 13.5. The van der Waals surface area contributed by atoms with Gasteiger partial charge in [0.05, 0.1) is 16.1 Å². The van der Waals surface area contributed by atoms with Gasteiger partial charge < -0.3 is 10.2 Å². The molecule has 1 N–H and O–H groups in total. The molecule has 0 unspecified atom stereocenters. The molecule has 5 rings (SSSR count). The minimum absolute atomic E-state index is 0.0415. The number of piperazine rings is 1. The molecular formula is C25H31ClN6O. The van der Waals surface area contributed by atoms with E-state index in [0.29, 0.717) is 23.1 Å². The molecule has 2 fully saturated rings. The Kier molecular flexibility index (Phi) is 6.36. The maximum absolute atomic E-state index is 13.5. The molecule has 1 amide bonds. The van der Waals surface area contributed by atoms with Gasteiger partial charge in [-0.15, -0.1) is 0 Å². The summed E-state index contributed by atoms with van der Waals surface area (Å²) in [5.41, 5.74) is 1.43. The van der Waals surface area contributed by atoms with Crippen molar-refractivity contribution in [3.8, 4) is 5.95 Å². The number of nitrogens with zero attached hydrogens (tertiary/aromatic N) is 5. The molecule has 2 aliphatic rings. The van der Waals surface area contributed by atoms with Gasteiger partial charge in [0.15, 0.2) is 0 Å². The first kappa shape index (κ1) is 22.3. The zero-order valence-corrected chi connectivity index (χ0v) is 19.9. The summed E-state index contributed by atoms with van der Waals surface area (Å²) in [5.74, 6) is 0.423. The highest BCUT2D eigenvalue weighted by Gasteiger charge is 2.39. The van der Waals surface area contributed by atoms with E-state index in [4.69, 9.17) is 11.6 Å². The summed E-state index contributed by atoms with van der Waals surface area (Å²) in [6.07, 6.45) is 11.2. The van der Waals surface area contributed by atoms with Crippen LogP contribution in [-0.2, 0) is 0 Å². The molecule has 1 saturated heterocycles. The first-order valence-corrected chi connectivity index (χ1v) is 12.2. The van der Waals surface area contributed by atoms with Crippen LogP contribution in [0.2, 0.25) is 5.02 Å². The normalized spacial score (nSPS) is 19.6. The molecule has 0 spiro atoms. The SMILES string of the molecule is CN1CCN(C2(CNC(=O)c3cn(-c4ncccn4)c4cccc(Cl)c34)CCCCC2)CC1. The molecular weight excluding hydrogens is 436 g/mol. The van der Waals surface area contributed by atoms with Gasteiger partial charge in [-0.05, 0) is 38.1 Å². The smallest absolute Gasteiger partial charge is 0.253 e. The van der Waals surface area contributed by atoms with Gasteiger partial charge in [0.1, 0.15) is 0 Å². The Hall–Kier alpha value is -2.48. The number of nitrogens with one attached hydrogen (secondary N) is 1. The largest absolute Gasteiger partial charge is 0.350 e. The minimum Gasteiger partial charge on any atom is -0.350 e. The molecule has 174 valence electrons. The van der Waals surface area contributed by atoms with E-state index in [1.54, 1.807) is 18.5 Å². The standard InChI is InChI=1S/C25H31ClN6O/c1-30-13-15-31(16-14-30)25(9-3-2-4-10-25)18-29-23(33)19-17-32(24-27-11-6-12-28-24)21-8-5-7-20(26)22(19)21/h5-8,11-12,17H,2-4,9-10,13-16,18H2,1H3,(H,29,33). The molecule has 8 heteroatoms. The minimum atomic E-state index is -0.0955. The van der Waals surface area contributed by atoms with Crippen molar-refractivity contribution < 1.29 is 4.79 Å². The van der Waals surface area contributed by atoms with Crippen molar-refractivity contribution in [2.45, 2.75) is 37.6 Å². The van der Waals surface area contributed by atoms with Crippen LogP contribution >= 0.6 is 11.6 Å². The van der Waals surface area contributed by atoms with Gasteiger partial charge in [0, 0.05) is 62.2 Å². The monoisotopic (exact) mass is 466 g/mol. The zero-order chi connectivity index (χ0) is 22.8. The number of amides is 1. The Morgan fingerprint density at radius 2 is 1.79 bits per heavy atom. The number of likely N-dealkylation sites (N-methyl/N-ethyl adjacent to an activating group) is 1. The van der Waals surface area contributed by atoms with Gasteiger partial charge in [-0.1, -0.05) is 36.9 Å². The van der Waals surface area contributed by atoms with E-state index in [2.05, 4.69) is 32.1 Å². The second kappa shape index (κ2) is 9.41. The number of rotatable bonds is 5. The highest BCUT2D eigenvalue weighted by atomic mass is 35.5. The topological polar surface area (TPSA) is 66.3 Å². The number of halogens is 1. The molecule has 1 saturated carbocycles.